The van der Waals surface area contributed by atoms with E-state index >= 15 is 0 Å². The monoisotopic (exact) mass is 305 g/mol. The van der Waals surface area contributed by atoms with E-state index in [1.165, 1.54) is 0 Å². The normalized spacial score (nSPS) is 11.1. The molecule has 0 unspecified atom stereocenters. The van der Waals surface area contributed by atoms with E-state index in [0.717, 1.165) is 23.0 Å². The van der Waals surface area contributed by atoms with Gasteiger partial charge in [-0.25, -0.2) is 13.2 Å². The molecule has 2 heterocycles. The molecular weight excluding hydrogens is 291 g/mol. The lowest BCUT2D eigenvalue weighted by molar-refractivity contribution is 0.497. The van der Waals surface area contributed by atoms with E-state index in [4.69, 9.17) is 0 Å². The molecule has 0 radical (unpaired) electrons. The van der Waals surface area contributed by atoms with Gasteiger partial charge in [0.25, 0.3) is 0 Å². The van der Waals surface area contributed by atoms with Gasteiger partial charge < -0.3 is 4.57 Å². The summed E-state index contributed by atoms with van der Waals surface area (Å²) in [6, 6.07) is 3.16. The number of rotatable bonds is 3. The second kappa shape index (κ2) is 5.36. The van der Waals surface area contributed by atoms with Crippen LogP contribution in [0.3, 0.4) is 0 Å². The predicted octanol–water partition coefficient (Wildman–Crippen LogP) is 3.96. The van der Waals surface area contributed by atoms with Gasteiger partial charge in [-0.2, -0.15) is 5.10 Å². The summed E-state index contributed by atoms with van der Waals surface area (Å²) in [5, 5.41) is 7.01. The molecular formula is C16H14F3N3. The summed E-state index contributed by atoms with van der Waals surface area (Å²) in [6.07, 6.45) is 3.40. The van der Waals surface area contributed by atoms with Crippen molar-refractivity contribution in [2.75, 3.05) is 0 Å². The fourth-order valence-corrected chi connectivity index (χ4v) is 2.45. The molecule has 22 heavy (non-hydrogen) atoms. The Morgan fingerprint density at radius 2 is 1.95 bits per heavy atom. The largest absolute Gasteiger partial charge is 0.349 e. The number of aryl methyl sites for hydroxylation is 2. The molecule has 0 aliphatic rings. The van der Waals surface area contributed by atoms with Crippen LogP contribution in [-0.2, 0) is 6.54 Å². The van der Waals surface area contributed by atoms with E-state index in [9.17, 15) is 13.2 Å². The molecule has 2 aromatic heterocycles. The highest BCUT2D eigenvalue weighted by Gasteiger charge is 2.14. The van der Waals surface area contributed by atoms with Crippen molar-refractivity contribution in [2.45, 2.75) is 20.4 Å². The fraction of sp³-hybridized carbons (Fsp3) is 0.188. The molecule has 3 aromatic rings. The van der Waals surface area contributed by atoms with Crippen LogP contribution in [-0.4, -0.2) is 14.8 Å². The zero-order chi connectivity index (χ0) is 15.9. The summed E-state index contributed by atoms with van der Waals surface area (Å²) in [5.41, 5.74) is 3.21. The minimum Gasteiger partial charge on any atom is -0.349 e. The molecule has 0 atom stereocenters. The van der Waals surface area contributed by atoms with E-state index in [2.05, 4.69) is 10.2 Å². The lowest BCUT2D eigenvalue weighted by Crippen LogP contribution is -1.98. The highest BCUT2D eigenvalue weighted by Crippen LogP contribution is 2.26. The lowest BCUT2D eigenvalue weighted by Gasteiger charge is -2.04. The van der Waals surface area contributed by atoms with E-state index in [0.29, 0.717) is 18.2 Å². The van der Waals surface area contributed by atoms with Gasteiger partial charge in [0.05, 0.1) is 12.2 Å². The quantitative estimate of drug-likeness (QED) is 0.730. The van der Waals surface area contributed by atoms with Gasteiger partial charge in [0.2, 0.25) is 0 Å². The fourth-order valence-electron chi connectivity index (χ4n) is 2.45. The summed E-state index contributed by atoms with van der Waals surface area (Å²) in [7, 11) is 0. The van der Waals surface area contributed by atoms with Crippen molar-refractivity contribution in [3.8, 4) is 11.1 Å². The molecule has 6 heteroatoms. The second-order valence-corrected chi connectivity index (χ2v) is 5.23. The van der Waals surface area contributed by atoms with Crippen molar-refractivity contribution >= 4 is 0 Å². The third kappa shape index (κ3) is 2.52. The molecule has 0 saturated carbocycles. The minimum absolute atomic E-state index is 0.0862. The van der Waals surface area contributed by atoms with Crippen LogP contribution in [0.1, 0.15) is 17.0 Å². The van der Waals surface area contributed by atoms with Gasteiger partial charge in [-0.1, -0.05) is 0 Å². The van der Waals surface area contributed by atoms with E-state index in [-0.39, 0.29) is 5.56 Å². The van der Waals surface area contributed by atoms with Crippen LogP contribution in [0.15, 0.2) is 30.6 Å². The van der Waals surface area contributed by atoms with Gasteiger partial charge in [0.1, 0.15) is 5.82 Å². The Bertz CT molecular complexity index is 814. The van der Waals surface area contributed by atoms with Crippen LogP contribution < -0.4 is 0 Å². The molecule has 0 amide bonds. The second-order valence-electron chi connectivity index (χ2n) is 5.23. The predicted molar refractivity (Wildman–Crippen MR) is 76.9 cm³/mol. The number of hydrogen-bond donors (Lipinski definition) is 1. The zero-order valence-corrected chi connectivity index (χ0v) is 12.1. The first-order valence-electron chi connectivity index (χ1n) is 6.77. The average Bonchev–Trinajstić information content (AvgIpc) is 3.05. The Morgan fingerprint density at radius 3 is 2.64 bits per heavy atom. The third-order valence-electron chi connectivity index (χ3n) is 3.68. The van der Waals surface area contributed by atoms with Crippen molar-refractivity contribution in [1.82, 2.24) is 14.8 Å². The molecule has 0 saturated heterocycles. The van der Waals surface area contributed by atoms with Crippen molar-refractivity contribution in [3.63, 3.8) is 0 Å². The van der Waals surface area contributed by atoms with Crippen molar-refractivity contribution in [2.24, 2.45) is 0 Å². The van der Waals surface area contributed by atoms with Crippen molar-refractivity contribution < 1.29 is 13.2 Å². The molecule has 0 fully saturated rings. The highest BCUT2D eigenvalue weighted by atomic mass is 19.2. The molecule has 0 aliphatic heterocycles. The van der Waals surface area contributed by atoms with Gasteiger partial charge in [0, 0.05) is 40.8 Å². The molecule has 0 aliphatic carbocycles. The maximum Gasteiger partial charge on any atom is 0.166 e. The summed E-state index contributed by atoms with van der Waals surface area (Å²) in [4.78, 5) is 0. The van der Waals surface area contributed by atoms with E-state index in [1.807, 2.05) is 18.4 Å². The molecule has 3 nitrogen and oxygen atoms in total. The van der Waals surface area contributed by atoms with Gasteiger partial charge in [-0.05, 0) is 26.0 Å². The SMILES string of the molecule is Cc1n[nH]c(C)c1Cn1ccc(-c2cc(F)cc(F)c2F)c1. The number of hydrogen-bond acceptors (Lipinski definition) is 1. The van der Waals surface area contributed by atoms with E-state index < -0.39 is 17.5 Å². The summed E-state index contributed by atoms with van der Waals surface area (Å²) in [6.45, 7) is 4.36. The van der Waals surface area contributed by atoms with Gasteiger partial charge in [0.15, 0.2) is 11.6 Å². The first kappa shape index (κ1) is 14.4. The number of H-pyrrole nitrogens is 1. The molecule has 0 bridgehead atoms. The Balaban J connectivity index is 1.95. The molecule has 1 N–H and O–H groups in total. The Hall–Kier alpha value is -2.50. The smallest absolute Gasteiger partial charge is 0.166 e. The van der Waals surface area contributed by atoms with Crippen LogP contribution in [0.4, 0.5) is 13.2 Å². The molecule has 0 spiro atoms. The van der Waals surface area contributed by atoms with Crippen LogP contribution in [0.5, 0.6) is 0 Å². The molecule has 3 rings (SSSR count). The molecule has 1 aromatic carbocycles. The third-order valence-corrected chi connectivity index (χ3v) is 3.68. The first-order valence-corrected chi connectivity index (χ1v) is 6.77. The van der Waals surface area contributed by atoms with Gasteiger partial charge in [-0.3, -0.25) is 5.10 Å². The standard InChI is InChI=1S/C16H14F3N3/c1-9-14(10(2)21-20-9)8-22-4-3-11(7-22)13-5-12(17)6-15(18)16(13)19/h3-7H,8H2,1-2H3,(H,20,21). The molecule has 114 valence electrons. The zero-order valence-electron chi connectivity index (χ0n) is 12.1. The van der Waals surface area contributed by atoms with Crippen LogP contribution in [0, 0.1) is 31.3 Å². The number of nitrogens with zero attached hydrogens (tertiary/aromatic N) is 2. The Kier molecular flexibility index (Phi) is 3.52. The summed E-state index contributed by atoms with van der Waals surface area (Å²) < 4.78 is 42.2. The Labute approximate surface area is 125 Å². The van der Waals surface area contributed by atoms with Crippen LogP contribution in [0.2, 0.25) is 0 Å². The van der Waals surface area contributed by atoms with Crippen molar-refractivity contribution in [3.05, 3.63) is 65.0 Å². The number of nitrogens with one attached hydrogen (secondary N) is 1. The van der Waals surface area contributed by atoms with E-state index in [1.54, 1.807) is 18.5 Å². The van der Waals surface area contributed by atoms with Crippen molar-refractivity contribution in [1.29, 1.82) is 0 Å². The number of aromatic amines is 1. The van der Waals surface area contributed by atoms with Crippen LogP contribution in [0.25, 0.3) is 11.1 Å². The topological polar surface area (TPSA) is 33.6 Å². The maximum atomic E-state index is 13.8. The number of benzene rings is 1. The average molecular weight is 305 g/mol. The first-order chi connectivity index (χ1) is 10.5. The Morgan fingerprint density at radius 1 is 1.18 bits per heavy atom. The number of aromatic nitrogens is 3. The minimum atomic E-state index is -1.19. The maximum absolute atomic E-state index is 13.8. The van der Waals surface area contributed by atoms with Crippen LogP contribution >= 0.6 is 0 Å². The van der Waals surface area contributed by atoms with Gasteiger partial charge >= 0.3 is 0 Å². The highest BCUT2D eigenvalue weighted by molar-refractivity contribution is 5.63. The van der Waals surface area contributed by atoms with Gasteiger partial charge in [-0.15, -0.1) is 0 Å². The summed E-state index contributed by atoms with van der Waals surface area (Å²) >= 11 is 0. The lowest BCUT2D eigenvalue weighted by atomic mass is 10.1. The number of halogens is 3. The summed E-state index contributed by atoms with van der Waals surface area (Å²) in [5.74, 6) is -3.04.